The van der Waals surface area contributed by atoms with E-state index in [9.17, 15) is 9.18 Å². The molecule has 0 radical (unpaired) electrons. The first-order chi connectivity index (χ1) is 9.60. The molecule has 1 N–H and O–H groups in total. The van der Waals surface area contributed by atoms with Crippen LogP contribution in [0.4, 0.5) is 4.39 Å². The number of benzene rings is 1. The highest BCUT2D eigenvalue weighted by atomic mass is 32.1. The van der Waals surface area contributed by atoms with Gasteiger partial charge in [0.05, 0.1) is 18.4 Å². The number of aromatic nitrogens is 2. The molecular formula is C13H9FN2O3S. The summed E-state index contributed by atoms with van der Waals surface area (Å²) in [4.78, 5) is 15.8. The van der Waals surface area contributed by atoms with E-state index in [0.717, 1.165) is 11.3 Å². The number of thiazole rings is 1. The van der Waals surface area contributed by atoms with Crippen molar-refractivity contribution in [2.75, 3.05) is 7.11 Å². The number of nitrogens with zero attached hydrogens (tertiary/aromatic N) is 2. The van der Waals surface area contributed by atoms with Crippen molar-refractivity contribution in [3.63, 3.8) is 0 Å². The Bertz CT molecular complexity index is 778. The summed E-state index contributed by atoms with van der Waals surface area (Å²) >= 11 is 1.03. The Labute approximate surface area is 116 Å². The Hall–Kier alpha value is -2.41. The van der Waals surface area contributed by atoms with Crippen LogP contribution in [-0.4, -0.2) is 27.6 Å². The van der Waals surface area contributed by atoms with Crippen LogP contribution in [0.2, 0.25) is 0 Å². The highest BCUT2D eigenvalue weighted by molar-refractivity contribution is 7.18. The topological polar surface area (TPSA) is 63.8 Å². The number of rotatable bonds is 3. The van der Waals surface area contributed by atoms with Gasteiger partial charge in [0.15, 0.2) is 4.96 Å². The van der Waals surface area contributed by atoms with Gasteiger partial charge in [-0.2, -0.15) is 0 Å². The maximum Gasteiger partial charge on any atom is 0.347 e. The molecule has 0 bridgehead atoms. The number of carboxylic acids is 1. The molecule has 2 aromatic heterocycles. The minimum Gasteiger partial charge on any atom is -0.496 e. The second-order valence-electron chi connectivity index (χ2n) is 4.03. The monoisotopic (exact) mass is 292 g/mol. The number of methoxy groups -OCH3 is 1. The second kappa shape index (κ2) is 4.61. The van der Waals surface area contributed by atoms with E-state index in [0.29, 0.717) is 16.4 Å². The summed E-state index contributed by atoms with van der Waals surface area (Å²) in [5, 5.41) is 8.91. The number of hydrogen-bond donors (Lipinski definition) is 1. The number of carbonyl (C=O) groups is 1. The molecule has 7 heteroatoms. The third-order valence-corrected chi connectivity index (χ3v) is 3.80. The van der Waals surface area contributed by atoms with E-state index in [1.54, 1.807) is 22.7 Å². The molecular weight excluding hydrogens is 283 g/mol. The van der Waals surface area contributed by atoms with E-state index >= 15 is 0 Å². The van der Waals surface area contributed by atoms with E-state index in [1.165, 1.54) is 19.4 Å². The highest BCUT2D eigenvalue weighted by Gasteiger charge is 2.17. The van der Waals surface area contributed by atoms with Crippen molar-refractivity contribution in [1.29, 1.82) is 0 Å². The van der Waals surface area contributed by atoms with E-state index in [-0.39, 0.29) is 10.4 Å². The summed E-state index contributed by atoms with van der Waals surface area (Å²) < 4.78 is 20.6. The third kappa shape index (κ3) is 1.92. The predicted molar refractivity (Wildman–Crippen MR) is 72.0 cm³/mol. The van der Waals surface area contributed by atoms with Crippen LogP contribution >= 0.6 is 11.3 Å². The molecule has 0 aliphatic heterocycles. The fourth-order valence-corrected chi connectivity index (χ4v) is 2.74. The maximum absolute atomic E-state index is 13.9. The van der Waals surface area contributed by atoms with Crippen molar-refractivity contribution < 1.29 is 19.0 Å². The second-order valence-corrected chi connectivity index (χ2v) is 5.04. The molecule has 5 nitrogen and oxygen atoms in total. The molecule has 102 valence electrons. The standard InChI is InChI=1S/C13H9FN2O3S/c1-19-9-4-2-3-7(14)11(9)8-5-16-6-10(12(17)18)20-13(16)15-8/h2-6H,1H3,(H,17,18). The normalized spacial score (nSPS) is 10.9. The smallest absolute Gasteiger partial charge is 0.347 e. The van der Waals surface area contributed by atoms with Crippen molar-refractivity contribution in [3.05, 3.63) is 41.3 Å². The molecule has 0 amide bonds. The van der Waals surface area contributed by atoms with Crippen LogP contribution in [-0.2, 0) is 0 Å². The van der Waals surface area contributed by atoms with Gasteiger partial charge < -0.3 is 9.84 Å². The van der Waals surface area contributed by atoms with Gasteiger partial charge in [-0.05, 0) is 12.1 Å². The molecule has 0 aliphatic rings. The number of carboxylic acid groups (broad SMARTS) is 1. The molecule has 0 saturated heterocycles. The minimum absolute atomic E-state index is 0.180. The molecule has 0 spiro atoms. The molecule has 0 saturated carbocycles. The van der Waals surface area contributed by atoms with E-state index in [2.05, 4.69) is 4.98 Å². The summed E-state index contributed by atoms with van der Waals surface area (Å²) in [5.74, 6) is -1.06. The van der Waals surface area contributed by atoms with Crippen molar-refractivity contribution in [3.8, 4) is 17.0 Å². The van der Waals surface area contributed by atoms with Gasteiger partial charge in [-0.1, -0.05) is 17.4 Å². The lowest BCUT2D eigenvalue weighted by Gasteiger charge is -2.06. The number of hydrogen-bond acceptors (Lipinski definition) is 4. The molecule has 3 rings (SSSR count). The maximum atomic E-state index is 13.9. The fraction of sp³-hybridized carbons (Fsp3) is 0.0769. The molecule has 1 aromatic carbocycles. The van der Waals surface area contributed by atoms with Crippen LogP contribution in [0.5, 0.6) is 5.75 Å². The van der Waals surface area contributed by atoms with Crippen LogP contribution < -0.4 is 4.74 Å². The van der Waals surface area contributed by atoms with Gasteiger partial charge in [0, 0.05) is 12.4 Å². The first kappa shape index (κ1) is 12.6. The third-order valence-electron chi connectivity index (χ3n) is 2.82. The van der Waals surface area contributed by atoms with Crippen LogP contribution in [0.25, 0.3) is 16.2 Å². The molecule has 20 heavy (non-hydrogen) atoms. The molecule has 3 aromatic rings. The average Bonchev–Trinajstić information content (AvgIpc) is 2.96. The zero-order valence-electron chi connectivity index (χ0n) is 10.3. The Balaban J connectivity index is 2.16. The lowest BCUT2D eigenvalue weighted by atomic mass is 10.1. The summed E-state index contributed by atoms with van der Waals surface area (Å²) in [6, 6.07) is 4.53. The number of aromatic carboxylic acids is 1. The van der Waals surface area contributed by atoms with Crippen LogP contribution in [0.1, 0.15) is 9.67 Å². The first-order valence-corrected chi connectivity index (χ1v) is 6.46. The SMILES string of the molecule is COc1cccc(F)c1-c1cn2cc(C(=O)O)sc2n1. The number of imidazole rings is 1. The highest BCUT2D eigenvalue weighted by Crippen LogP contribution is 2.33. The van der Waals surface area contributed by atoms with Crippen LogP contribution in [0.15, 0.2) is 30.6 Å². The Morgan fingerprint density at radius 2 is 2.25 bits per heavy atom. The minimum atomic E-state index is -1.01. The van der Waals surface area contributed by atoms with Crippen molar-refractivity contribution in [1.82, 2.24) is 9.38 Å². The Morgan fingerprint density at radius 1 is 1.45 bits per heavy atom. The van der Waals surface area contributed by atoms with Gasteiger partial charge in [-0.25, -0.2) is 14.2 Å². The Kier molecular flexibility index (Phi) is 2.90. The molecule has 0 aliphatic carbocycles. The fourth-order valence-electron chi connectivity index (χ4n) is 1.94. The molecule has 0 atom stereocenters. The summed E-state index contributed by atoms with van der Waals surface area (Å²) in [5.41, 5.74) is 0.672. The number of fused-ring (bicyclic) bond motifs is 1. The van der Waals surface area contributed by atoms with Gasteiger partial charge in [0.25, 0.3) is 0 Å². The van der Waals surface area contributed by atoms with Crippen LogP contribution in [0.3, 0.4) is 0 Å². The molecule has 0 unspecified atom stereocenters. The first-order valence-electron chi connectivity index (χ1n) is 5.65. The lowest BCUT2D eigenvalue weighted by Crippen LogP contribution is -1.92. The molecule has 2 heterocycles. The lowest BCUT2D eigenvalue weighted by molar-refractivity contribution is 0.0702. The van der Waals surface area contributed by atoms with Crippen LogP contribution in [0, 0.1) is 5.82 Å². The van der Waals surface area contributed by atoms with Crippen molar-refractivity contribution >= 4 is 22.3 Å². The Morgan fingerprint density at radius 3 is 2.90 bits per heavy atom. The van der Waals surface area contributed by atoms with Gasteiger partial charge >= 0.3 is 5.97 Å². The number of halogens is 1. The van der Waals surface area contributed by atoms with Gasteiger partial charge in [-0.3, -0.25) is 4.40 Å². The molecule has 0 fully saturated rings. The van der Waals surface area contributed by atoms with E-state index in [1.807, 2.05) is 0 Å². The predicted octanol–water partition coefficient (Wildman–Crippen LogP) is 2.91. The summed E-state index contributed by atoms with van der Waals surface area (Å²) in [6.45, 7) is 0. The average molecular weight is 292 g/mol. The van der Waals surface area contributed by atoms with E-state index < -0.39 is 11.8 Å². The zero-order valence-corrected chi connectivity index (χ0v) is 11.1. The van der Waals surface area contributed by atoms with Gasteiger partial charge in [-0.15, -0.1) is 0 Å². The van der Waals surface area contributed by atoms with Crippen molar-refractivity contribution in [2.45, 2.75) is 0 Å². The number of ether oxygens (including phenoxy) is 1. The van der Waals surface area contributed by atoms with Gasteiger partial charge in [0.2, 0.25) is 0 Å². The zero-order chi connectivity index (χ0) is 14.3. The quantitative estimate of drug-likeness (QED) is 0.806. The van der Waals surface area contributed by atoms with Gasteiger partial charge in [0.1, 0.15) is 16.4 Å². The van der Waals surface area contributed by atoms with E-state index in [4.69, 9.17) is 9.84 Å². The van der Waals surface area contributed by atoms with Crippen molar-refractivity contribution in [2.24, 2.45) is 0 Å². The largest absolute Gasteiger partial charge is 0.496 e. The summed E-state index contributed by atoms with van der Waals surface area (Å²) in [6.07, 6.45) is 3.03. The summed E-state index contributed by atoms with van der Waals surface area (Å²) in [7, 11) is 1.46.